The number of hydrogen-bond donors (Lipinski definition) is 1. The van der Waals surface area contributed by atoms with Crippen molar-refractivity contribution in [2.24, 2.45) is 0 Å². The molecule has 0 saturated heterocycles. The molecular formula is C10H15N5S. The van der Waals surface area contributed by atoms with Gasteiger partial charge in [-0.1, -0.05) is 5.21 Å². The van der Waals surface area contributed by atoms with E-state index >= 15 is 0 Å². The summed E-state index contributed by atoms with van der Waals surface area (Å²) in [5, 5.41) is 11.1. The van der Waals surface area contributed by atoms with E-state index in [1.54, 1.807) is 17.5 Å². The first-order chi connectivity index (χ1) is 7.86. The van der Waals surface area contributed by atoms with Crippen molar-refractivity contribution in [3.63, 3.8) is 0 Å². The molecule has 0 aliphatic heterocycles. The maximum atomic E-state index is 4.21. The molecule has 86 valence electrons. The summed E-state index contributed by atoms with van der Waals surface area (Å²) >= 11 is 1.70. The van der Waals surface area contributed by atoms with Gasteiger partial charge in [0.25, 0.3) is 0 Å². The highest BCUT2D eigenvalue weighted by Gasteiger charge is 1.99. The normalized spacial score (nSPS) is 10.8. The van der Waals surface area contributed by atoms with Gasteiger partial charge in [0, 0.05) is 24.2 Å². The standard InChI is InChI=1S/C10H15N5S/c1-9-10(16-8-12-9)7-11-3-2-5-15-6-4-13-14-15/h4,6,8,11H,2-3,5,7H2,1H3. The highest BCUT2D eigenvalue weighted by atomic mass is 32.1. The lowest BCUT2D eigenvalue weighted by Gasteiger charge is -2.03. The van der Waals surface area contributed by atoms with E-state index in [9.17, 15) is 0 Å². The summed E-state index contributed by atoms with van der Waals surface area (Å²) in [5.41, 5.74) is 3.02. The molecule has 1 N–H and O–H groups in total. The number of aryl methyl sites for hydroxylation is 2. The van der Waals surface area contributed by atoms with Gasteiger partial charge in [-0.05, 0) is 19.9 Å². The SMILES string of the molecule is Cc1ncsc1CNCCCn1ccnn1. The maximum absolute atomic E-state index is 4.21. The number of aromatic nitrogens is 4. The molecule has 16 heavy (non-hydrogen) atoms. The molecule has 2 heterocycles. The van der Waals surface area contributed by atoms with Crippen molar-refractivity contribution >= 4 is 11.3 Å². The largest absolute Gasteiger partial charge is 0.312 e. The Morgan fingerprint density at radius 3 is 3.12 bits per heavy atom. The van der Waals surface area contributed by atoms with E-state index in [-0.39, 0.29) is 0 Å². The molecule has 0 bridgehead atoms. The monoisotopic (exact) mass is 237 g/mol. The zero-order valence-corrected chi connectivity index (χ0v) is 10.1. The Hall–Kier alpha value is -1.27. The molecule has 6 heteroatoms. The van der Waals surface area contributed by atoms with E-state index in [1.165, 1.54) is 4.88 Å². The van der Waals surface area contributed by atoms with E-state index in [1.807, 2.05) is 23.3 Å². The van der Waals surface area contributed by atoms with Gasteiger partial charge >= 0.3 is 0 Å². The van der Waals surface area contributed by atoms with E-state index in [2.05, 4.69) is 20.6 Å². The van der Waals surface area contributed by atoms with Gasteiger partial charge in [-0.2, -0.15) is 0 Å². The lowest BCUT2D eigenvalue weighted by Crippen LogP contribution is -2.16. The van der Waals surface area contributed by atoms with Crippen LogP contribution in [0.3, 0.4) is 0 Å². The first-order valence-electron chi connectivity index (χ1n) is 5.30. The Kier molecular flexibility index (Phi) is 4.01. The molecular weight excluding hydrogens is 222 g/mol. The molecule has 0 aliphatic carbocycles. The van der Waals surface area contributed by atoms with E-state index < -0.39 is 0 Å². The smallest absolute Gasteiger partial charge is 0.0798 e. The van der Waals surface area contributed by atoms with Crippen molar-refractivity contribution in [3.8, 4) is 0 Å². The first kappa shape index (κ1) is 11.2. The minimum absolute atomic E-state index is 0.911. The molecule has 0 fully saturated rings. The highest BCUT2D eigenvalue weighted by Crippen LogP contribution is 2.10. The Morgan fingerprint density at radius 1 is 1.50 bits per heavy atom. The topological polar surface area (TPSA) is 55.6 Å². The van der Waals surface area contributed by atoms with Crippen LogP contribution in [-0.4, -0.2) is 26.5 Å². The number of thiazole rings is 1. The average Bonchev–Trinajstić information content (AvgIpc) is 2.90. The van der Waals surface area contributed by atoms with Crippen LogP contribution in [-0.2, 0) is 13.1 Å². The molecule has 0 aromatic carbocycles. The van der Waals surface area contributed by atoms with E-state index in [4.69, 9.17) is 0 Å². The van der Waals surface area contributed by atoms with Gasteiger partial charge in [-0.15, -0.1) is 16.4 Å². The van der Waals surface area contributed by atoms with Gasteiger partial charge in [0.1, 0.15) is 0 Å². The fourth-order valence-electron chi connectivity index (χ4n) is 1.42. The van der Waals surface area contributed by atoms with Crippen LogP contribution in [0.1, 0.15) is 17.0 Å². The van der Waals surface area contributed by atoms with Crippen LogP contribution >= 0.6 is 11.3 Å². The Morgan fingerprint density at radius 2 is 2.44 bits per heavy atom. The van der Waals surface area contributed by atoms with Gasteiger partial charge in [0.2, 0.25) is 0 Å². The third kappa shape index (κ3) is 3.11. The van der Waals surface area contributed by atoms with Gasteiger partial charge < -0.3 is 5.32 Å². The lowest BCUT2D eigenvalue weighted by atomic mass is 10.3. The molecule has 0 spiro atoms. The predicted octanol–water partition coefficient (Wildman–Crippen LogP) is 1.22. The van der Waals surface area contributed by atoms with Crippen molar-refractivity contribution in [1.29, 1.82) is 0 Å². The fraction of sp³-hybridized carbons (Fsp3) is 0.500. The maximum Gasteiger partial charge on any atom is 0.0798 e. The van der Waals surface area contributed by atoms with Crippen molar-refractivity contribution in [3.05, 3.63) is 28.5 Å². The van der Waals surface area contributed by atoms with Crippen molar-refractivity contribution in [2.75, 3.05) is 6.54 Å². The van der Waals surface area contributed by atoms with Gasteiger partial charge in [-0.25, -0.2) is 4.98 Å². The molecule has 2 rings (SSSR count). The van der Waals surface area contributed by atoms with Crippen molar-refractivity contribution in [2.45, 2.75) is 26.4 Å². The van der Waals surface area contributed by atoms with Crippen LogP contribution in [0.4, 0.5) is 0 Å². The molecule has 0 radical (unpaired) electrons. The highest BCUT2D eigenvalue weighted by molar-refractivity contribution is 7.09. The van der Waals surface area contributed by atoms with Crippen LogP contribution in [0.15, 0.2) is 17.9 Å². The summed E-state index contributed by atoms with van der Waals surface area (Å²) in [4.78, 5) is 5.53. The van der Waals surface area contributed by atoms with Gasteiger partial charge in [0.15, 0.2) is 0 Å². The zero-order valence-electron chi connectivity index (χ0n) is 9.26. The second-order valence-corrected chi connectivity index (χ2v) is 4.50. The molecule has 0 saturated carbocycles. The predicted molar refractivity (Wildman–Crippen MR) is 63.2 cm³/mol. The quantitative estimate of drug-likeness (QED) is 0.768. The Labute approximate surface area is 98.5 Å². The van der Waals surface area contributed by atoms with Crippen molar-refractivity contribution in [1.82, 2.24) is 25.3 Å². The van der Waals surface area contributed by atoms with Gasteiger partial charge in [-0.3, -0.25) is 4.68 Å². The minimum Gasteiger partial charge on any atom is -0.312 e. The van der Waals surface area contributed by atoms with Crippen molar-refractivity contribution < 1.29 is 0 Å². The van der Waals surface area contributed by atoms with Crippen LogP contribution in [0.2, 0.25) is 0 Å². The first-order valence-corrected chi connectivity index (χ1v) is 6.18. The summed E-state index contributed by atoms with van der Waals surface area (Å²) in [6.07, 6.45) is 4.64. The second-order valence-electron chi connectivity index (χ2n) is 3.56. The van der Waals surface area contributed by atoms with Crippen LogP contribution in [0.5, 0.6) is 0 Å². The third-order valence-corrected chi connectivity index (χ3v) is 3.28. The van der Waals surface area contributed by atoms with Crippen LogP contribution < -0.4 is 5.32 Å². The zero-order chi connectivity index (χ0) is 11.2. The van der Waals surface area contributed by atoms with E-state index in [0.29, 0.717) is 0 Å². The Balaban J connectivity index is 1.61. The molecule has 2 aromatic heterocycles. The summed E-state index contributed by atoms with van der Waals surface area (Å²) in [6, 6.07) is 0. The molecule has 0 atom stereocenters. The summed E-state index contributed by atoms with van der Waals surface area (Å²) < 4.78 is 1.85. The summed E-state index contributed by atoms with van der Waals surface area (Å²) in [5.74, 6) is 0. The molecule has 0 aliphatic rings. The average molecular weight is 237 g/mol. The van der Waals surface area contributed by atoms with Crippen LogP contribution in [0, 0.1) is 6.92 Å². The van der Waals surface area contributed by atoms with Gasteiger partial charge in [0.05, 0.1) is 17.4 Å². The lowest BCUT2D eigenvalue weighted by molar-refractivity contribution is 0.531. The number of nitrogens with one attached hydrogen (secondary N) is 1. The van der Waals surface area contributed by atoms with Crippen LogP contribution in [0.25, 0.3) is 0 Å². The fourth-order valence-corrected chi connectivity index (χ4v) is 2.16. The number of hydrogen-bond acceptors (Lipinski definition) is 5. The molecule has 0 unspecified atom stereocenters. The second kappa shape index (κ2) is 5.72. The number of nitrogens with zero attached hydrogens (tertiary/aromatic N) is 4. The summed E-state index contributed by atoms with van der Waals surface area (Å²) in [6.45, 7) is 4.85. The molecule has 0 amide bonds. The minimum atomic E-state index is 0.911. The Bertz CT molecular complexity index is 409. The molecule has 5 nitrogen and oxygen atoms in total. The third-order valence-electron chi connectivity index (χ3n) is 2.34. The van der Waals surface area contributed by atoms with E-state index in [0.717, 1.165) is 31.7 Å². The summed E-state index contributed by atoms with van der Waals surface area (Å²) in [7, 11) is 0. The number of rotatable bonds is 6. The molecule has 2 aromatic rings.